The minimum atomic E-state index is -0.0321. The fourth-order valence-corrected chi connectivity index (χ4v) is 1.51. The molecule has 0 saturated carbocycles. The molecule has 0 aliphatic rings. The number of ether oxygens (including phenoxy) is 1. The Bertz CT molecular complexity index is 540. The Balaban J connectivity index is 2.66. The van der Waals surface area contributed by atoms with Crippen molar-refractivity contribution >= 4 is 11.0 Å². The maximum atomic E-state index is 11.6. The molecule has 0 unspecified atom stereocenters. The van der Waals surface area contributed by atoms with Crippen molar-refractivity contribution in [1.29, 1.82) is 0 Å². The summed E-state index contributed by atoms with van der Waals surface area (Å²) in [4.78, 5) is 11.6. The minimum Gasteiger partial charge on any atom is -0.494 e. The zero-order chi connectivity index (χ0) is 10.8. The van der Waals surface area contributed by atoms with Crippen LogP contribution in [0.2, 0.25) is 0 Å². The van der Waals surface area contributed by atoms with Gasteiger partial charge in [-0.15, -0.1) is 0 Å². The summed E-state index contributed by atoms with van der Waals surface area (Å²) in [5, 5.41) is 0.562. The molecule has 3 nitrogen and oxygen atoms in total. The number of rotatable bonds is 2. The van der Waals surface area contributed by atoms with Crippen LogP contribution in [-0.4, -0.2) is 6.61 Å². The van der Waals surface area contributed by atoms with Gasteiger partial charge in [0.1, 0.15) is 17.1 Å². The molecular weight excluding hydrogens is 192 g/mol. The van der Waals surface area contributed by atoms with Crippen molar-refractivity contribution in [3.05, 3.63) is 40.2 Å². The average Bonchev–Trinajstić information content (AvgIpc) is 2.19. The number of benzene rings is 1. The summed E-state index contributed by atoms with van der Waals surface area (Å²) < 4.78 is 10.7. The predicted molar refractivity (Wildman–Crippen MR) is 58.4 cm³/mol. The highest BCUT2D eigenvalue weighted by molar-refractivity contribution is 5.78. The van der Waals surface area contributed by atoms with E-state index in [9.17, 15) is 4.79 Å². The van der Waals surface area contributed by atoms with E-state index in [-0.39, 0.29) is 5.43 Å². The van der Waals surface area contributed by atoms with E-state index in [2.05, 4.69) is 0 Å². The van der Waals surface area contributed by atoms with Crippen molar-refractivity contribution in [2.45, 2.75) is 13.8 Å². The second-order valence-electron chi connectivity index (χ2n) is 3.31. The fraction of sp³-hybridized carbons (Fsp3) is 0.250. The maximum Gasteiger partial charge on any atom is 0.193 e. The van der Waals surface area contributed by atoms with Crippen LogP contribution in [0.1, 0.15) is 12.7 Å². The van der Waals surface area contributed by atoms with E-state index >= 15 is 0 Å². The molecule has 1 heterocycles. The third kappa shape index (κ3) is 1.86. The van der Waals surface area contributed by atoms with Gasteiger partial charge in [0, 0.05) is 6.07 Å². The summed E-state index contributed by atoms with van der Waals surface area (Å²) >= 11 is 0. The summed E-state index contributed by atoms with van der Waals surface area (Å²) in [6, 6.07) is 6.76. The van der Waals surface area contributed by atoms with Gasteiger partial charge in [-0.3, -0.25) is 4.79 Å². The van der Waals surface area contributed by atoms with E-state index < -0.39 is 0 Å². The van der Waals surface area contributed by atoms with Gasteiger partial charge in [-0.2, -0.15) is 0 Å². The average molecular weight is 204 g/mol. The Kier molecular flexibility index (Phi) is 2.46. The lowest BCUT2D eigenvalue weighted by atomic mass is 10.2. The highest BCUT2D eigenvalue weighted by Gasteiger charge is 2.03. The molecule has 2 rings (SSSR count). The van der Waals surface area contributed by atoms with Gasteiger partial charge < -0.3 is 9.15 Å². The zero-order valence-corrected chi connectivity index (χ0v) is 8.74. The molecule has 0 radical (unpaired) electrons. The van der Waals surface area contributed by atoms with Gasteiger partial charge in [0.15, 0.2) is 5.43 Å². The Morgan fingerprint density at radius 1 is 1.33 bits per heavy atom. The molecule has 78 valence electrons. The number of aryl methyl sites for hydroxylation is 1. The Morgan fingerprint density at radius 2 is 2.13 bits per heavy atom. The van der Waals surface area contributed by atoms with Gasteiger partial charge in [-0.1, -0.05) is 0 Å². The van der Waals surface area contributed by atoms with Crippen LogP contribution in [0.4, 0.5) is 0 Å². The van der Waals surface area contributed by atoms with Crippen LogP contribution < -0.4 is 10.2 Å². The molecule has 0 atom stereocenters. The molecule has 1 aromatic heterocycles. The van der Waals surface area contributed by atoms with Crippen LogP contribution in [0.5, 0.6) is 5.75 Å². The van der Waals surface area contributed by atoms with E-state index in [1.807, 2.05) is 6.92 Å². The van der Waals surface area contributed by atoms with Crippen LogP contribution in [-0.2, 0) is 0 Å². The first-order valence-corrected chi connectivity index (χ1v) is 4.88. The van der Waals surface area contributed by atoms with E-state index in [4.69, 9.17) is 9.15 Å². The first kappa shape index (κ1) is 9.77. The van der Waals surface area contributed by atoms with E-state index in [1.54, 1.807) is 25.1 Å². The van der Waals surface area contributed by atoms with Crippen molar-refractivity contribution < 1.29 is 9.15 Å². The number of hydrogen-bond donors (Lipinski definition) is 0. The van der Waals surface area contributed by atoms with Crippen molar-refractivity contribution in [2.75, 3.05) is 6.61 Å². The highest BCUT2D eigenvalue weighted by Crippen LogP contribution is 2.18. The van der Waals surface area contributed by atoms with Gasteiger partial charge in [-0.05, 0) is 32.0 Å². The molecule has 1 aromatic carbocycles. The van der Waals surface area contributed by atoms with Gasteiger partial charge >= 0.3 is 0 Å². The Hall–Kier alpha value is -1.77. The lowest BCUT2D eigenvalue weighted by molar-refractivity contribution is 0.340. The quantitative estimate of drug-likeness (QED) is 0.754. The summed E-state index contributed by atoms with van der Waals surface area (Å²) in [6.45, 7) is 4.25. The summed E-state index contributed by atoms with van der Waals surface area (Å²) in [7, 11) is 0. The second kappa shape index (κ2) is 3.77. The maximum absolute atomic E-state index is 11.6. The SMILES string of the molecule is CCOc1ccc2oc(C)cc(=O)c2c1. The van der Waals surface area contributed by atoms with E-state index in [0.29, 0.717) is 29.1 Å². The monoisotopic (exact) mass is 204 g/mol. The normalized spacial score (nSPS) is 10.5. The number of hydrogen-bond acceptors (Lipinski definition) is 3. The molecule has 0 N–H and O–H groups in total. The fourth-order valence-electron chi connectivity index (χ4n) is 1.51. The topological polar surface area (TPSA) is 39.4 Å². The zero-order valence-electron chi connectivity index (χ0n) is 8.74. The molecular formula is C12H12O3. The first-order valence-electron chi connectivity index (χ1n) is 4.88. The number of fused-ring (bicyclic) bond motifs is 1. The molecule has 0 bridgehead atoms. The van der Waals surface area contributed by atoms with Crippen LogP contribution in [0.15, 0.2) is 33.5 Å². The van der Waals surface area contributed by atoms with Crippen molar-refractivity contribution in [3.63, 3.8) is 0 Å². The lowest BCUT2D eigenvalue weighted by Gasteiger charge is -2.03. The van der Waals surface area contributed by atoms with Gasteiger partial charge in [0.2, 0.25) is 0 Å². The van der Waals surface area contributed by atoms with E-state index in [0.717, 1.165) is 0 Å². The Labute approximate surface area is 87.3 Å². The van der Waals surface area contributed by atoms with Crippen molar-refractivity contribution in [1.82, 2.24) is 0 Å². The third-order valence-electron chi connectivity index (χ3n) is 2.13. The largest absolute Gasteiger partial charge is 0.494 e. The lowest BCUT2D eigenvalue weighted by Crippen LogP contribution is -2.01. The Morgan fingerprint density at radius 3 is 2.87 bits per heavy atom. The molecule has 3 heteroatoms. The first-order chi connectivity index (χ1) is 7.20. The van der Waals surface area contributed by atoms with Crippen LogP contribution in [0, 0.1) is 6.92 Å². The summed E-state index contributed by atoms with van der Waals surface area (Å²) in [6.07, 6.45) is 0. The molecule has 0 fully saturated rings. The molecule has 2 aromatic rings. The van der Waals surface area contributed by atoms with Gasteiger partial charge in [0.25, 0.3) is 0 Å². The van der Waals surface area contributed by atoms with Crippen LogP contribution in [0.3, 0.4) is 0 Å². The second-order valence-corrected chi connectivity index (χ2v) is 3.31. The van der Waals surface area contributed by atoms with Gasteiger partial charge in [0.05, 0.1) is 12.0 Å². The molecule has 15 heavy (non-hydrogen) atoms. The molecule has 0 spiro atoms. The van der Waals surface area contributed by atoms with Crippen molar-refractivity contribution in [3.8, 4) is 5.75 Å². The van der Waals surface area contributed by atoms with Gasteiger partial charge in [-0.25, -0.2) is 0 Å². The molecule has 0 aliphatic heterocycles. The van der Waals surface area contributed by atoms with E-state index in [1.165, 1.54) is 6.07 Å². The van der Waals surface area contributed by atoms with Crippen LogP contribution in [0.25, 0.3) is 11.0 Å². The molecule has 0 aliphatic carbocycles. The third-order valence-corrected chi connectivity index (χ3v) is 2.13. The summed E-state index contributed by atoms with van der Waals surface area (Å²) in [5.41, 5.74) is 0.568. The molecule has 0 amide bonds. The highest BCUT2D eigenvalue weighted by atomic mass is 16.5. The standard InChI is InChI=1S/C12H12O3/c1-3-14-9-4-5-12-10(7-9)11(13)6-8(2)15-12/h4-7H,3H2,1-2H3. The van der Waals surface area contributed by atoms with Crippen LogP contribution >= 0.6 is 0 Å². The molecule has 0 saturated heterocycles. The summed E-state index contributed by atoms with van der Waals surface area (Å²) in [5.74, 6) is 1.32. The minimum absolute atomic E-state index is 0.0321. The smallest absolute Gasteiger partial charge is 0.193 e. The predicted octanol–water partition coefficient (Wildman–Crippen LogP) is 2.50. The van der Waals surface area contributed by atoms with Crippen molar-refractivity contribution in [2.24, 2.45) is 0 Å².